The van der Waals surface area contributed by atoms with Crippen LogP contribution in [0, 0.1) is 0 Å². The maximum Gasteiger partial charge on any atom is 0.390 e. The van der Waals surface area contributed by atoms with Crippen molar-refractivity contribution in [1.82, 2.24) is 0 Å². The molecule has 0 aliphatic carbocycles. The van der Waals surface area contributed by atoms with Gasteiger partial charge in [0.15, 0.2) is 0 Å². The first-order chi connectivity index (χ1) is 38.5. The Kier molecular flexibility index (Phi) is 16.1. The van der Waals surface area contributed by atoms with Crippen molar-refractivity contribution in [2.24, 2.45) is 0 Å². The zero-order valence-electron chi connectivity index (χ0n) is 43.8. The Labute approximate surface area is 465 Å². The molecule has 0 amide bonds. The summed E-state index contributed by atoms with van der Waals surface area (Å²) in [6.07, 6.45) is 0.886. The largest absolute Gasteiger partial charge is 0.422 e. The third kappa shape index (κ3) is 10.2. The van der Waals surface area contributed by atoms with Gasteiger partial charge in [0.1, 0.15) is 0 Å². The molecule has 0 heterocycles. The first-order valence-electron chi connectivity index (χ1n) is 27.0. The Hall–Kier alpha value is -7.66. The monoisotopic (exact) mass is 1090 g/mol. The van der Waals surface area contributed by atoms with Crippen molar-refractivity contribution in [2.75, 3.05) is 0 Å². The van der Waals surface area contributed by atoms with Crippen molar-refractivity contribution in [3.63, 3.8) is 0 Å². The highest BCUT2D eigenvalue weighted by Gasteiger charge is 2.64. The van der Waals surface area contributed by atoms with Crippen LogP contribution in [0.2, 0.25) is 6.04 Å². The minimum absolute atomic E-state index is 0.806. The summed E-state index contributed by atoms with van der Waals surface area (Å²) in [4.78, 5) is 0. The van der Waals surface area contributed by atoms with Crippen LogP contribution in [0.25, 0.3) is 0 Å². The van der Waals surface area contributed by atoms with E-state index >= 15 is 0 Å². The molecule has 0 unspecified atom stereocenters. The SMILES string of the molecule is CCC[Si](O[Si](O[Si](O[Si](O[Si](c1ccccc1)(c1ccccc1)c1ccccc1)(c1ccccc1)c1ccccc1)(c1ccccc1)c1ccccc1)(c1ccccc1)c1ccccc1)(c1ccccc1)c1ccccc1. The second-order valence-electron chi connectivity index (χ2n) is 19.5. The van der Waals surface area contributed by atoms with E-state index in [-0.39, 0.29) is 0 Å². The minimum atomic E-state index is -4.36. The van der Waals surface area contributed by atoms with Crippen LogP contribution >= 0.6 is 0 Å². The summed E-state index contributed by atoms with van der Waals surface area (Å²) in [5, 5.41) is 11.4. The van der Waals surface area contributed by atoms with Crippen molar-refractivity contribution < 1.29 is 16.5 Å². The molecular weight excluding hydrogens is 1030 g/mol. The number of hydrogen-bond acceptors (Lipinski definition) is 4. The van der Waals surface area contributed by atoms with Crippen LogP contribution in [-0.2, 0) is 16.5 Å². The Balaban J connectivity index is 1.30. The smallest absolute Gasteiger partial charge is 0.390 e. The molecule has 0 saturated carbocycles. The van der Waals surface area contributed by atoms with Gasteiger partial charge in [-0.1, -0.05) is 347 Å². The normalized spacial score (nSPS) is 12.2. The summed E-state index contributed by atoms with van der Waals surface area (Å²) in [6, 6.07) is 120. The second kappa shape index (κ2) is 23.9. The van der Waals surface area contributed by atoms with Gasteiger partial charge in [-0.15, -0.1) is 0 Å². The van der Waals surface area contributed by atoms with Gasteiger partial charge in [-0.25, -0.2) is 0 Å². The van der Waals surface area contributed by atoms with Crippen LogP contribution in [0.3, 0.4) is 0 Å². The zero-order chi connectivity index (χ0) is 53.0. The molecule has 11 aromatic rings. The van der Waals surface area contributed by atoms with Crippen LogP contribution in [0.5, 0.6) is 0 Å². The van der Waals surface area contributed by atoms with Crippen molar-refractivity contribution in [3.8, 4) is 0 Å². The maximum absolute atomic E-state index is 9.11. The molecule has 78 heavy (non-hydrogen) atoms. The lowest BCUT2D eigenvalue weighted by atomic mass is 10.3. The summed E-state index contributed by atoms with van der Waals surface area (Å²) in [6.45, 7) is 2.28. The van der Waals surface area contributed by atoms with E-state index in [2.05, 4.69) is 341 Å². The van der Waals surface area contributed by atoms with Gasteiger partial charge in [-0.05, 0) is 63.1 Å². The molecule has 0 spiro atoms. The number of rotatable bonds is 21. The molecule has 0 fully saturated rings. The van der Waals surface area contributed by atoms with E-state index in [0.717, 1.165) is 59.1 Å². The first kappa shape index (κ1) is 52.4. The van der Waals surface area contributed by atoms with E-state index in [0.29, 0.717) is 0 Å². The van der Waals surface area contributed by atoms with Gasteiger partial charge in [0, 0.05) is 0 Å². The summed E-state index contributed by atoms with van der Waals surface area (Å²) in [5.74, 6) is 0. The van der Waals surface area contributed by atoms with Crippen molar-refractivity contribution in [1.29, 1.82) is 0 Å². The van der Waals surface area contributed by atoms with E-state index in [1.54, 1.807) is 0 Å². The third-order valence-corrected chi connectivity index (χ3v) is 38.0. The van der Waals surface area contributed by atoms with Crippen molar-refractivity contribution >= 4 is 99.4 Å². The zero-order valence-corrected chi connectivity index (χ0v) is 48.8. The van der Waals surface area contributed by atoms with Crippen LogP contribution in [0.15, 0.2) is 334 Å². The lowest BCUT2D eigenvalue weighted by Gasteiger charge is -2.50. The van der Waals surface area contributed by atoms with Crippen LogP contribution in [0.1, 0.15) is 13.3 Å². The molecule has 9 heteroatoms. The van der Waals surface area contributed by atoms with Gasteiger partial charge in [0.2, 0.25) is 8.32 Å². The predicted octanol–water partition coefficient (Wildman–Crippen LogP) is 8.66. The Morgan fingerprint density at radius 3 is 0.603 bits per heavy atom. The van der Waals surface area contributed by atoms with E-state index in [1.807, 2.05) is 0 Å². The molecule has 0 radical (unpaired) electrons. The highest BCUT2D eigenvalue weighted by atomic mass is 28.5. The molecule has 0 N–H and O–H groups in total. The van der Waals surface area contributed by atoms with Gasteiger partial charge in [-0.3, -0.25) is 0 Å². The Morgan fingerprint density at radius 2 is 0.385 bits per heavy atom. The Morgan fingerprint density at radius 1 is 0.205 bits per heavy atom. The molecular formula is C69H62O4Si5. The van der Waals surface area contributed by atoms with Gasteiger partial charge < -0.3 is 16.5 Å². The van der Waals surface area contributed by atoms with E-state index in [9.17, 15) is 0 Å². The summed E-state index contributed by atoms with van der Waals surface area (Å²) < 4.78 is 36.0. The van der Waals surface area contributed by atoms with Gasteiger partial charge in [0.05, 0.1) is 0 Å². The van der Waals surface area contributed by atoms with Crippen molar-refractivity contribution in [2.45, 2.75) is 19.4 Å². The second-order valence-corrected chi connectivity index (χ2v) is 36.4. The van der Waals surface area contributed by atoms with Crippen LogP contribution in [-0.4, -0.2) is 42.3 Å². The minimum Gasteiger partial charge on any atom is -0.422 e. The van der Waals surface area contributed by atoms with Gasteiger partial charge in [0.25, 0.3) is 8.32 Å². The average molecular weight is 1100 g/mol. The molecule has 0 atom stereocenters. The summed E-state index contributed by atoms with van der Waals surface area (Å²) >= 11 is 0. The van der Waals surface area contributed by atoms with Crippen LogP contribution < -0.4 is 57.1 Å². The number of hydrogen-bond donors (Lipinski definition) is 0. The highest BCUT2D eigenvalue weighted by Crippen LogP contribution is 2.30. The number of benzene rings is 11. The van der Waals surface area contributed by atoms with Crippen molar-refractivity contribution in [3.05, 3.63) is 334 Å². The van der Waals surface area contributed by atoms with Gasteiger partial charge >= 0.3 is 25.7 Å². The molecule has 4 nitrogen and oxygen atoms in total. The molecule has 0 bridgehead atoms. The molecule has 0 aromatic heterocycles. The van der Waals surface area contributed by atoms with E-state index in [4.69, 9.17) is 16.5 Å². The topological polar surface area (TPSA) is 36.9 Å². The lowest BCUT2D eigenvalue weighted by Crippen LogP contribution is -2.85. The fraction of sp³-hybridized carbons (Fsp3) is 0.0435. The van der Waals surface area contributed by atoms with E-state index < -0.39 is 42.3 Å². The summed E-state index contributed by atoms with van der Waals surface area (Å²) in [5.41, 5.74) is 0. The first-order valence-corrected chi connectivity index (χ1v) is 36.4. The third-order valence-electron chi connectivity index (χ3n) is 14.7. The molecule has 11 rings (SSSR count). The predicted molar refractivity (Wildman–Crippen MR) is 335 cm³/mol. The molecule has 0 saturated heterocycles. The summed E-state index contributed by atoms with van der Waals surface area (Å²) in [7, 11) is -19.8. The Bertz CT molecular complexity index is 3310. The van der Waals surface area contributed by atoms with Gasteiger partial charge in [-0.2, -0.15) is 0 Å². The fourth-order valence-electron chi connectivity index (χ4n) is 11.2. The fourth-order valence-corrected chi connectivity index (χ4v) is 39.0. The quantitative estimate of drug-likeness (QED) is 0.0534. The molecule has 382 valence electrons. The lowest BCUT2D eigenvalue weighted by molar-refractivity contribution is 0.329. The maximum atomic E-state index is 9.11. The molecule has 11 aromatic carbocycles. The molecule has 0 aliphatic rings. The average Bonchev–Trinajstić information content (AvgIpc) is 3.68. The standard InChI is InChI=1S/C69H62O4Si5/c1-2-58-74(59-36-14-3-15-37-59,60-38-16-4-17-39-60)70-76(64-46-24-8-25-47-64,65-48-26-9-27-49-65)72-78(68-54-32-12-33-55-68,69-56-34-13-35-57-69)73-77(66-50-28-10-29-51-66,67-52-30-11-31-53-67)71-75(61-40-18-5-19-41-61,62-42-20-6-21-43-62)63-44-22-7-23-45-63/h3-57H,2,58H2,1H3. The molecule has 0 aliphatic heterocycles. The highest BCUT2D eigenvalue weighted by molar-refractivity contribution is 7.17. The van der Waals surface area contributed by atoms with Crippen LogP contribution in [0.4, 0.5) is 0 Å². The van der Waals surface area contributed by atoms with E-state index in [1.165, 1.54) is 10.4 Å².